The molecule has 0 aliphatic carbocycles. The van der Waals surface area contributed by atoms with Gasteiger partial charge in [-0.2, -0.15) is 5.26 Å². The molecule has 0 aromatic heterocycles. The summed E-state index contributed by atoms with van der Waals surface area (Å²) in [6, 6.07) is 3.00. The molecule has 1 rings (SSSR count). The van der Waals surface area contributed by atoms with Gasteiger partial charge < -0.3 is 0 Å². The summed E-state index contributed by atoms with van der Waals surface area (Å²) < 4.78 is 14.7. The van der Waals surface area contributed by atoms with Crippen LogP contribution in [0.4, 0.5) is 10.1 Å². The summed E-state index contributed by atoms with van der Waals surface area (Å²) in [4.78, 5) is 4.01. The van der Waals surface area contributed by atoms with E-state index in [1.54, 1.807) is 18.5 Å². The summed E-state index contributed by atoms with van der Waals surface area (Å²) in [5.41, 5.74) is 0.162. The molecule has 1 aromatic carbocycles. The van der Waals surface area contributed by atoms with E-state index < -0.39 is 5.82 Å². The number of amidine groups is 1. The third-order valence-electron chi connectivity index (χ3n) is 1.55. The van der Waals surface area contributed by atoms with Crippen LogP contribution in [0.25, 0.3) is 0 Å². The summed E-state index contributed by atoms with van der Waals surface area (Å²) in [6.45, 7) is 0. The third-order valence-corrected chi connectivity index (χ3v) is 3.19. The summed E-state index contributed by atoms with van der Waals surface area (Å²) >= 11 is 7.61. The summed E-state index contributed by atoms with van der Waals surface area (Å²) in [5.74, 6) is -0.465. The molecule has 3 nitrogen and oxygen atoms in total. The molecule has 0 saturated heterocycles. The van der Waals surface area contributed by atoms with Crippen LogP contribution in [0.2, 0.25) is 0 Å². The molecule has 1 aromatic rings. The van der Waals surface area contributed by atoms with Crippen molar-refractivity contribution in [2.75, 3.05) is 6.26 Å². The van der Waals surface area contributed by atoms with E-state index in [0.29, 0.717) is 14.1 Å². The molecule has 0 aliphatic heterocycles. The highest BCUT2D eigenvalue weighted by Gasteiger charge is 2.09. The topological polar surface area (TPSA) is 48.2 Å². The molecule has 1 N–H and O–H groups in total. The fraction of sp³-hybridized carbons (Fsp3) is 0.111. The van der Waals surface area contributed by atoms with Gasteiger partial charge in [-0.3, -0.25) is 5.32 Å². The Labute approximate surface area is 113 Å². The van der Waals surface area contributed by atoms with E-state index >= 15 is 0 Å². The number of nitrogens with one attached hydrogen (secondary N) is 1. The lowest BCUT2D eigenvalue weighted by Crippen LogP contribution is -2.12. The van der Waals surface area contributed by atoms with E-state index in [-0.39, 0.29) is 5.69 Å². The molecule has 0 heterocycles. The van der Waals surface area contributed by atoms with Crippen molar-refractivity contribution < 1.29 is 4.39 Å². The zero-order valence-corrected chi connectivity index (χ0v) is 12.1. The summed E-state index contributed by atoms with van der Waals surface area (Å²) in [6.07, 6.45) is 3.48. The molecule has 0 aliphatic rings. The van der Waals surface area contributed by atoms with Gasteiger partial charge in [0.15, 0.2) is 17.2 Å². The molecule has 0 spiro atoms. The molecule has 0 saturated carbocycles. The number of nitriles is 1. The fourth-order valence-corrected chi connectivity index (χ4v) is 2.51. The van der Waals surface area contributed by atoms with Gasteiger partial charge in [0.25, 0.3) is 0 Å². The highest BCUT2D eigenvalue weighted by molar-refractivity contribution is 9.11. The summed E-state index contributed by atoms with van der Waals surface area (Å²) in [7, 11) is 0. The lowest BCUT2D eigenvalue weighted by molar-refractivity contribution is 0.628. The highest BCUT2D eigenvalue weighted by Crippen LogP contribution is 2.32. The number of rotatable bonds is 1. The van der Waals surface area contributed by atoms with E-state index in [0.717, 1.165) is 0 Å². The number of halogens is 3. The molecule has 16 heavy (non-hydrogen) atoms. The van der Waals surface area contributed by atoms with Gasteiger partial charge in [-0.1, -0.05) is 27.7 Å². The monoisotopic (exact) mass is 365 g/mol. The fourth-order valence-electron chi connectivity index (χ4n) is 0.915. The minimum Gasteiger partial charge on any atom is -0.271 e. The number of hydrogen-bond donors (Lipinski definition) is 1. The van der Waals surface area contributed by atoms with Crippen molar-refractivity contribution in [2.45, 2.75) is 0 Å². The average molecular weight is 367 g/mol. The van der Waals surface area contributed by atoms with Crippen LogP contribution in [0.5, 0.6) is 0 Å². The zero-order chi connectivity index (χ0) is 12.1. The second-order valence-corrected chi connectivity index (χ2v) is 5.14. The Hall–Kier alpha value is -0.580. The number of benzene rings is 1. The Morgan fingerprint density at radius 2 is 2.25 bits per heavy atom. The second kappa shape index (κ2) is 6.23. The van der Waals surface area contributed by atoms with Crippen molar-refractivity contribution in [3.05, 3.63) is 26.9 Å². The van der Waals surface area contributed by atoms with Crippen molar-refractivity contribution in [1.29, 1.82) is 5.26 Å². The standard InChI is InChI=1S/C9H6Br2FN3S/c1-16-9(14-4-13)15-8-6(11)2-5(10)3-7(8)12/h2-3H,1H3,(H,14,15). The largest absolute Gasteiger partial charge is 0.271 e. The summed E-state index contributed by atoms with van der Waals surface area (Å²) in [5, 5.41) is 11.2. The predicted molar refractivity (Wildman–Crippen MR) is 71.2 cm³/mol. The molecule has 7 heteroatoms. The average Bonchev–Trinajstić information content (AvgIpc) is 2.21. The van der Waals surface area contributed by atoms with E-state index in [1.165, 1.54) is 17.8 Å². The maximum absolute atomic E-state index is 13.6. The smallest absolute Gasteiger partial charge is 0.183 e. The van der Waals surface area contributed by atoms with Crippen molar-refractivity contribution in [1.82, 2.24) is 5.32 Å². The van der Waals surface area contributed by atoms with Crippen molar-refractivity contribution in [3.63, 3.8) is 0 Å². The SMILES string of the molecule is CSC(=Nc1c(F)cc(Br)cc1Br)NC#N. The Balaban J connectivity index is 3.19. The van der Waals surface area contributed by atoms with Gasteiger partial charge in [0, 0.05) is 8.95 Å². The van der Waals surface area contributed by atoms with Crippen molar-refractivity contribution in [3.8, 4) is 6.19 Å². The molecule has 0 bridgehead atoms. The minimum atomic E-state index is -0.465. The Morgan fingerprint density at radius 1 is 1.56 bits per heavy atom. The Morgan fingerprint density at radius 3 is 2.75 bits per heavy atom. The lowest BCUT2D eigenvalue weighted by atomic mass is 10.3. The van der Waals surface area contributed by atoms with Gasteiger partial charge in [-0.25, -0.2) is 9.38 Å². The van der Waals surface area contributed by atoms with Crippen molar-refractivity contribution in [2.24, 2.45) is 4.99 Å². The first-order chi connectivity index (χ1) is 7.58. The van der Waals surface area contributed by atoms with Crippen LogP contribution in [0.3, 0.4) is 0 Å². The van der Waals surface area contributed by atoms with Crippen molar-refractivity contribution >= 4 is 54.5 Å². The van der Waals surface area contributed by atoms with Gasteiger partial charge >= 0.3 is 0 Å². The molecule has 0 fully saturated rings. The van der Waals surface area contributed by atoms with E-state index in [9.17, 15) is 4.39 Å². The molecule has 0 amide bonds. The normalized spacial score (nSPS) is 11.1. The van der Waals surface area contributed by atoms with Gasteiger partial charge in [0.05, 0.1) is 0 Å². The number of thioether (sulfide) groups is 1. The van der Waals surface area contributed by atoms with Gasteiger partial charge in [0.2, 0.25) is 0 Å². The Bertz CT molecular complexity index is 447. The van der Waals surface area contributed by atoms with Crippen LogP contribution >= 0.6 is 43.6 Å². The number of hydrogen-bond acceptors (Lipinski definition) is 3. The second-order valence-electron chi connectivity index (χ2n) is 2.58. The van der Waals surface area contributed by atoms with Crippen LogP contribution in [-0.4, -0.2) is 11.4 Å². The third kappa shape index (κ3) is 3.47. The maximum Gasteiger partial charge on any atom is 0.183 e. The number of aliphatic imine (C=N–C) groups is 1. The van der Waals surface area contributed by atoms with E-state index in [1.807, 2.05) is 0 Å². The molecule has 0 atom stereocenters. The van der Waals surface area contributed by atoms with Crippen LogP contribution < -0.4 is 5.32 Å². The minimum absolute atomic E-state index is 0.162. The van der Waals surface area contributed by atoms with E-state index in [2.05, 4.69) is 42.2 Å². The zero-order valence-electron chi connectivity index (χ0n) is 8.09. The first-order valence-corrected chi connectivity index (χ1v) is 6.82. The molecular formula is C9H6Br2FN3S. The van der Waals surface area contributed by atoms with Crippen LogP contribution in [0.1, 0.15) is 0 Å². The lowest BCUT2D eigenvalue weighted by Gasteiger charge is -2.04. The van der Waals surface area contributed by atoms with Crippen LogP contribution in [-0.2, 0) is 0 Å². The van der Waals surface area contributed by atoms with Crippen LogP contribution in [0.15, 0.2) is 26.1 Å². The maximum atomic E-state index is 13.6. The predicted octanol–water partition coefficient (Wildman–Crippen LogP) is 3.77. The molecular weight excluding hydrogens is 361 g/mol. The van der Waals surface area contributed by atoms with Gasteiger partial charge in [0.1, 0.15) is 5.69 Å². The van der Waals surface area contributed by atoms with Gasteiger partial charge in [-0.05, 0) is 34.3 Å². The quantitative estimate of drug-likeness (QED) is 0.356. The highest BCUT2D eigenvalue weighted by atomic mass is 79.9. The number of nitrogens with zero attached hydrogens (tertiary/aromatic N) is 2. The molecule has 0 unspecified atom stereocenters. The van der Waals surface area contributed by atoms with Crippen LogP contribution in [0, 0.1) is 17.3 Å². The van der Waals surface area contributed by atoms with Gasteiger partial charge in [-0.15, -0.1) is 0 Å². The van der Waals surface area contributed by atoms with E-state index in [4.69, 9.17) is 5.26 Å². The Kier molecular flexibility index (Phi) is 5.25. The molecule has 0 radical (unpaired) electrons. The molecule has 84 valence electrons. The first kappa shape index (κ1) is 13.5. The first-order valence-electron chi connectivity index (χ1n) is 4.00.